The van der Waals surface area contributed by atoms with Crippen molar-refractivity contribution in [1.82, 2.24) is 4.72 Å². The third-order valence-electron chi connectivity index (χ3n) is 3.53. The van der Waals surface area contributed by atoms with E-state index in [4.69, 9.17) is 5.73 Å². The molecule has 4 nitrogen and oxygen atoms in total. The summed E-state index contributed by atoms with van der Waals surface area (Å²) in [6, 6.07) is 1.72. The van der Waals surface area contributed by atoms with Crippen molar-refractivity contribution in [2.75, 3.05) is 0 Å². The average Bonchev–Trinajstić information content (AvgIpc) is 2.74. The Kier molecular flexibility index (Phi) is 5.05. The molecule has 19 heavy (non-hydrogen) atoms. The maximum Gasteiger partial charge on any atom is 0.242 e. The van der Waals surface area contributed by atoms with Gasteiger partial charge in [-0.1, -0.05) is 6.92 Å². The number of hydrogen-bond acceptors (Lipinski definition) is 4. The lowest BCUT2D eigenvalue weighted by molar-refractivity contribution is 0.332. The summed E-state index contributed by atoms with van der Waals surface area (Å²) in [6.07, 6.45) is 4.02. The lowest BCUT2D eigenvalue weighted by atomic mass is 9.88. The van der Waals surface area contributed by atoms with Gasteiger partial charge < -0.3 is 5.73 Å². The first-order valence-corrected chi connectivity index (χ1v) is 9.52. The lowest BCUT2D eigenvalue weighted by Gasteiger charge is -2.26. The van der Waals surface area contributed by atoms with Gasteiger partial charge in [-0.15, -0.1) is 11.3 Å². The molecule has 0 aromatic carbocycles. The summed E-state index contributed by atoms with van der Waals surface area (Å²) in [5.74, 6) is 0.706. The molecule has 1 aromatic heterocycles. The van der Waals surface area contributed by atoms with Crippen LogP contribution >= 0.6 is 27.3 Å². The van der Waals surface area contributed by atoms with Crippen molar-refractivity contribution in [2.45, 2.75) is 50.1 Å². The highest BCUT2D eigenvalue weighted by atomic mass is 79.9. The number of halogens is 1. The highest BCUT2D eigenvalue weighted by Gasteiger charge is 2.26. The number of nitrogens with two attached hydrogens (primary N) is 1. The van der Waals surface area contributed by atoms with Crippen LogP contribution in [0.2, 0.25) is 0 Å². The molecule has 7 heteroatoms. The zero-order valence-corrected chi connectivity index (χ0v) is 14.1. The average molecular weight is 367 g/mol. The van der Waals surface area contributed by atoms with Gasteiger partial charge in [-0.3, -0.25) is 0 Å². The van der Waals surface area contributed by atoms with Gasteiger partial charge in [-0.25, -0.2) is 13.1 Å². The Morgan fingerprint density at radius 3 is 2.58 bits per heavy atom. The second kappa shape index (κ2) is 6.22. The Morgan fingerprint density at radius 2 is 2.05 bits per heavy atom. The summed E-state index contributed by atoms with van der Waals surface area (Å²) in [5, 5.41) is 0. The first-order valence-electron chi connectivity index (χ1n) is 6.43. The van der Waals surface area contributed by atoms with Gasteiger partial charge in [0.05, 0.1) is 3.79 Å². The third kappa shape index (κ3) is 3.78. The predicted molar refractivity (Wildman–Crippen MR) is 81.7 cm³/mol. The number of nitrogens with one attached hydrogen (secondary N) is 1. The van der Waals surface area contributed by atoms with Crippen molar-refractivity contribution in [3.8, 4) is 0 Å². The first kappa shape index (κ1) is 15.4. The molecule has 0 radical (unpaired) electrons. The Hall–Kier alpha value is 0.0500. The summed E-state index contributed by atoms with van der Waals surface area (Å²) in [7, 11) is -3.44. The van der Waals surface area contributed by atoms with Crippen molar-refractivity contribution >= 4 is 37.3 Å². The standard InChI is InChI=1S/C12H19BrN2O2S2/c1-8-2-4-9(5-3-8)15-19(16,17)11-6-10(7-14)18-12(11)13/h6,8-9,15H,2-5,7,14H2,1H3. The topological polar surface area (TPSA) is 72.2 Å². The van der Waals surface area contributed by atoms with E-state index in [0.717, 1.165) is 30.6 Å². The minimum absolute atomic E-state index is 0.0642. The zero-order valence-electron chi connectivity index (χ0n) is 10.9. The van der Waals surface area contributed by atoms with Crippen molar-refractivity contribution in [3.63, 3.8) is 0 Å². The van der Waals surface area contributed by atoms with Crippen LogP contribution in [0.25, 0.3) is 0 Å². The van der Waals surface area contributed by atoms with Gasteiger partial charge in [-0.2, -0.15) is 0 Å². The normalized spacial score (nSPS) is 24.6. The van der Waals surface area contributed by atoms with Crippen molar-refractivity contribution in [2.24, 2.45) is 11.7 Å². The van der Waals surface area contributed by atoms with Crippen LogP contribution in [0.4, 0.5) is 0 Å². The third-order valence-corrected chi connectivity index (χ3v) is 7.33. The molecule has 2 rings (SSSR count). The molecule has 1 saturated carbocycles. The van der Waals surface area contributed by atoms with Crippen LogP contribution in [0.5, 0.6) is 0 Å². The van der Waals surface area contributed by atoms with E-state index < -0.39 is 10.0 Å². The largest absolute Gasteiger partial charge is 0.326 e. The minimum Gasteiger partial charge on any atom is -0.326 e. The summed E-state index contributed by atoms with van der Waals surface area (Å²) >= 11 is 4.69. The number of hydrogen-bond donors (Lipinski definition) is 2. The summed E-state index contributed by atoms with van der Waals surface area (Å²) in [6.45, 7) is 2.58. The molecular weight excluding hydrogens is 348 g/mol. The Labute approximate surface area is 127 Å². The molecule has 0 amide bonds. The van der Waals surface area contributed by atoms with E-state index in [9.17, 15) is 8.42 Å². The summed E-state index contributed by atoms with van der Waals surface area (Å²) in [4.78, 5) is 1.18. The first-order chi connectivity index (χ1) is 8.92. The van der Waals surface area contributed by atoms with Gasteiger partial charge in [0, 0.05) is 17.5 Å². The van der Waals surface area contributed by atoms with Crippen molar-refractivity contribution in [1.29, 1.82) is 0 Å². The van der Waals surface area contributed by atoms with Crippen LogP contribution in [-0.2, 0) is 16.6 Å². The van der Waals surface area contributed by atoms with E-state index >= 15 is 0 Å². The fourth-order valence-corrected chi connectivity index (χ4v) is 6.21. The molecule has 0 bridgehead atoms. The Bertz CT molecular complexity index is 534. The lowest BCUT2D eigenvalue weighted by Crippen LogP contribution is -2.37. The SMILES string of the molecule is CC1CCC(NS(=O)(=O)c2cc(CN)sc2Br)CC1. The maximum absolute atomic E-state index is 12.4. The molecule has 3 N–H and O–H groups in total. The molecule has 1 heterocycles. The predicted octanol–water partition coefficient (Wildman–Crippen LogP) is 2.83. The van der Waals surface area contributed by atoms with Gasteiger partial charge in [-0.05, 0) is 53.6 Å². The molecule has 0 saturated heterocycles. The van der Waals surface area contributed by atoms with Gasteiger partial charge in [0.2, 0.25) is 10.0 Å². The van der Waals surface area contributed by atoms with E-state index in [1.807, 2.05) is 0 Å². The van der Waals surface area contributed by atoms with Crippen molar-refractivity contribution < 1.29 is 8.42 Å². The summed E-state index contributed by atoms with van der Waals surface area (Å²) in [5.41, 5.74) is 5.55. The second-order valence-corrected chi connectivity index (χ2v) is 9.27. The number of sulfonamides is 1. The van der Waals surface area contributed by atoms with E-state index in [1.165, 1.54) is 11.3 Å². The zero-order chi connectivity index (χ0) is 14.0. The van der Waals surface area contributed by atoms with E-state index in [1.54, 1.807) is 6.07 Å². The monoisotopic (exact) mass is 366 g/mol. The minimum atomic E-state index is -3.44. The van der Waals surface area contributed by atoms with Gasteiger partial charge in [0.1, 0.15) is 4.90 Å². The number of rotatable bonds is 4. The molecule has 108 valence electrons. The fraction of sp³-hybridized carbons (Fsp3) is 0.667. The number of thiophene rings is 1. The van der Waals surface area contributed by atoms with Crippen molar-refractivity contribution in [3.05, 3.63) is 14.7 Å². The highest BCUT2D eigenvalue weighted by Crippen LogP contribution is 2.32. The van der Waals surface area contributed by atoms with Gasteiger partial charge >= 0.3 is 0 Å². The van der Waals surface area contributed by atoms with E-state index in [2.05, 4.69) is 27.6 Å². The van der Waals surface area contributed by atoms with E-state index in [0.29, 0.717) is 21.1 Å². The van der Waals surface area contributed by atoms with Crippen LogP contribution in [0, 0.1) is 5.92 Å². The smallest absolute Gasteiger partial charge is 0.242 e. The molecule has 0 atom stereocenters. The molecule has 1 aromatic rings. The van der Waals surface area contributed by atoms with Crippen LogP contribution in [0.1, 0.15) is 37.5 Å². The molecule has 1 fully saturated rings. The Morgan fingerprint density at radius 1 is 1.42 bits per heavy atom. The molecule has 0 aliphatic heterocycles. The quantitative estimate of drug-likeness (QED) is 0.860. The van der Waals surface area contributed by atoms with Crippen LogP contribution < -0.4 is 10.5 Å². The summed E-state index contributed by atoms with van der Waals surface area (Å²) < 4.78 is 28.2. The Balaban J connectivity index is 2.11. The molecule has 1 aliphatic rings. The molecular formula is C12H19BrN2O2S2. The van der Waals surface area contributed by atoms with E-state index in [-0.39, 0.29) is 6.04 Å². The van der Waals surface area contributed by atoms with Gasteiger partial charge in [0.25, 0.3) is 0 Å². The van der Waals surface area contributed by atoms with Crippen LogP contribution in [0.15, 0.2) is 14.7 Å². The highest BCUT2D eigenvalue weighted by molar-refractivity contribution is 9.11. The maximum atomic E-state index is 12.4. The second-order valence-electron chi connectivity index (χ2n) is 5.13. The molecule has 1 aliphatic carbocycles. The fourth-order valence-electron chi connectivity index (χ4n) is 2.34. The molecule has 0 spiro atoms. The van der Waals surface area contributed by atoms with Crippen LogP contribution in [0.3, 0.4) is 0 Å². The van der Waals surface area contributed by atoms with Gasteiger partial charge in [0.15, 0.2) is 0 Å². The molecule has 0 unspecified atom stereocenters. The van der Waals surface area contributed by atoms with Crippen LogP contribution in [-0.4, -0.2) is 14.5 Å².